The lowest BCUT2D eigenvalue weighted by Crippen LogP contribution is -2.14. The van der Waals surface area contributed by atoms with Crippen molar-refractivity contribution in [2.75, 3.05) is 10.6 Å². The van der Waals surface area contributed by atoms with Crippen LogP contribution in [0.1, 0.15) is 32.0 Å². The highest BCUT2D eigenvalue weighted by molar-refractivity contribution is 6.11. The summed E-state index contributed by atoms with van der Waals surface area (Å²) in [6.45, 7) is 3.83. The second-order valence-electron chi connectivity index (χ2n) is 6.82. The van der Waals surface area contributed by atoms with E-state index in [0.717, 1.165) is 16.7 Å². The zero-order valence-electron chi connectivity index (χ0n) is 16.2. The van der Waals surface area contributed by atoms with Gasteiger partial charge in [0.15, 0.2) is 5.58 Å². The normalized spacial score (nSPS) is 10.7. The molecule has 4 rings (SSSR count). The number of carbonyl (C=O) groups excluding carboxylic acids is 2. The molecular formula is C24H20N2O3. The number of aryl methyl sites for hydroxylation is 2. The first-order valence-electron chi connectivity index (χ1n) is 9.29. The highest BCUT2D eigenvalue weighted by atomic mass is 16.3. The van der Waals surface area contributed by atoms with Crippen LogP contribution >= 0.6 is 0 Å². The topological polar surface area (TPSA) is 71.3 Å². The first-order valence-corrected chi connectivity index (χ1v) is 9.29. The minimum atomic E-state index is -0.245. The predicted molar refractivity (Wildman–Crippen MR) is 114 cm³/mol. The largest absolute Gasteiger partial charge is 0.459 e. The second-order valence-corrected chi connectivity index (χ2v) is 6.82. The third kappa shape index (κ3) is 3.75. The van der Waals surface area contributed by atoms with Crippen LogP contribution in [0.25, 0.3) is 11.0 Å². The molecule has 144 valence electrons. The Morgan fingerprint density at radius 2 is 1.31 bits per heavy atom. The summed E-state index contributed by atoms with van der Waals surface area (Å²) < 4.78 is 5.88. The van der Waals surface area contributed by atoms with E-state index in [1.165, 1.54) is 0 Å². The van der Waals surface area contributed by atoms with Gasteiger partial charge in [0, 0.05) is 22.2 Å². The van der Waals surface area contributed by atoms with Crippen molar-refractivity contribution in [3.63, 3.8) is 0 Å². The molecule has 0 saturated heterocycles. The fourth-order valence-electron chi connectivity index (χ4n) is 3.18. The van der Waals surface area contributed by atoms with Crippen LogP contribution in [-0.2, 0) is 0 Å². The molecular weight excluding hydrogens is 364 g/mol. The molecule has 0 unspecified atom stereocenters. The summed E-state index contributed by atoms with van der Waals surface area (Å²) in [6.07, 6.45) is 0. The molecule has 0 radical (unpaired) electrons. The molecule has 0 aliphatic rings. The molecule has 5 nitrogen and oxygen atoms in total. The molecule has 29 heavy (non-hydrogen) atoms. The molecule has 2 amide bonds. The fraction of sp³-hybridized carbons (Fsp3) is 0.0833. The Labute approximate surface area is 168 Å². The maximum absolute atomic E-state index is 12.7. The number of amides is 2. The molecule has 0 spiro atoms. The average molecular weight is 384 g/mol. The van der Waals surface area contributed by atoms with Crippen molar-refractivity contribution in [3.05, 3.63) is 95.2 Å². The van der Waals surface area contributed by atoms with E-state index in [4.69, 9.17) is 4.42 Å². The van der Waals surface area contributed by atoms with Crippen LogP contribution in [0, 0.1) is 13.8 Å². The van der Waals surface area contributed by atoms with Crippen molar-refractivity contribution in [1.29, 1.82) is 0 Å². The zero-order valence-corrected chi connectivity index (χ0v) is 16.2. The number of rotatable bonds is 4. The molecule has 0 fully saturated rings. The van der Waals surface area contributed by atoms with Crippen LogP contribution in [0.15, 0.2) is 77.2 Å². The molecule has 5 heteroatoms. The summed E-state index contributed by atoms with van der Waals surface area (Å²) in [5.41, 5.74) is 3.74. The zero-order chi connectivity index (χ0) is 20.4. The number of hydrogen-bond acceptors (Lipinski definition) is 3. The van der Waals surface area contributed by atoms with Crippen molar-refractivity contribution in [1.82, 2.24) is 0 Å². The van der Waals surface area contributed by atoms with E-state index in [0.29, 0.717) is 28.1 Å². The van der Waals surface area contributed by atoms with Crippen molar-refractivity contribution < 1.29 is 14.0 Å². The maximum atomic E-state index is 12.7. The number of furan rings is 1. The monoisotopic (exact) mass is 384 g/mol. The Kier molecular flexibility index (Phi) is 4.87. The van der Waals surface area contributed by atoms with E-state index in [9.17, 15) is 9.59 Å². The van der Waals surface area contributed by atoms with E-state index in [-0.39, 0.29) is 11.8 Å². The van der Waals surface area contributed by atoms with Gasteiger partial charge < -0.3 is 15.1 Å². The van der Waals surface area contributed by atoms with Crippen molar-refractivity contribution in [2.45, 2.75) is 13.8 Å². The van der Waals surface area contributed by atoms with Crippen molar-refractivity contribution in [3.8, 4) is 0 Å². The fourth-order valence-corrected chi connectivity index (χ4v) is 3.18. The highest BCUT2D eigenvalue weighted by Gasteiger charge is 2.17. The average Bonchev–Trinajstić information content (AvgIpc) is 3.04. The van der Waals surface area contributed by atoms with Gasteiger partial charge in [-0.3, -0.25) is 9.59 Å². The van der Waals surface area contributed by atoms with Gasteiger partial charge >= 0.3 is 0 Å². The Morgan fingerprint density at radius 3 is 1.90 bits per heavy atom. The molecule has 0 atom stereocenters. The van der Waals surface area contributed by atoms with Crippen LogP contribution in [0.3, 0.4) is 0 Å². The van der Waals surface area contributed by atoms with E-state index in [1.54, 1.807) is 30.3 Å². The molecule has 1 heterocycles. The van der Waals surface area contributed by atoms with Crippen LogP contribution in [0.4, 0.5) is 11.4 Å². The van der Waals surface area contributed by atoms with Gasteiger partial charge in [0.2, 0.25) is 0 Å². The predicted octanol–water partition coefficient (Wildman–Crippen LogP) is 5.55. The Hall–Kier alpha value is -3.86. The quantitative estimate of drug-likeness (QED) is 0.484. The van der Waals surface area contributed by atoms with Crippen LogP contribution < -0.4 is 10.6 Å². The first-order chi connectivity index (χ1) is 14.0. The standard InChI is InChI=1S/C24H20N2O3/c1-15-16(2)29-22-20(15)13-19(25-23(27)17-9-5-3-6-10-17)14-21(22)26-24(28)18-11-7-4-8-12-18/h3-14H,1-2H3,(H,25,27)(H,26,28). The molecule has 3 aromatic carbocycles. The van der Waals surface area contributed by atoms with Crippen molar-refractivity contribution >= 4 is 34.2 Å². The molecule has 0 aliphatic heterocycles. The van der Waals surface area contributed by atoms with Gasteiger partial charge in [-0.2, -0.15) is 0 Å². The number of nitrogens with one attached hydrogen (secondary N) is 2. The van der Waals surface area contributed by atoms with Crippen LogP contribution in [-0.4, -0.2) is 11.8 Å². The lowest BCUT2D eigenvalue weighted by Gasteiger charge is -2.10. The lowest BCUT2D eigenvalue weighted by molar-refractivity contribution is 0.101. The smallest absolute Gasteiger partial charge is 0.255 e. The highest BCUT2D eigenvalue weighted by Crippen LogP contribution is 2.34. The Bertz CT molecular complexity index is 1200. The van der Waals surface area contributed by atoms with Gasteiger partial charge in [-0.1, -0.05) is 36.4 Å². The number of hydrogen-bond donors (Lipinski definition) is 2. The van der Waals surface area contributed by atoms with Gasteiger partial charge in [-0.25, -0.2) is 0 Å². The summed E-state index contributed by atoms with van der Waals surface area (Å²) in [5.74, 6) is 0.301. The van der Waals surface area contributed by atoms with E-state index < -0.39 is 0 Å². The molecule has 0 aliphatic carbocycles. The van der Waals surface area contributed by atoms with Gasteiger partial charge in [0.1, 0.15) is 5.76 Å². The lowest BCUT2D eigenvalue weighted by atomic mass is 10.1. The second kappa shape index (κ2) is 7.64. The minimum absolute atomic E-state index is 0.219. The first kappa shape index (κ1) is 18.5. The number of benzene rings is 3. The molecule has 2 N–H and O–H groups in total. The van der Waals surface area contributed by atoms with Gasteiger partial charge in [0.25, 0.3) is 11.8 Å². The van der Waals surface area contributed by atoms with Gasteiger partial charge in [-0.15, -0.1) is 0 Å². The molecule has 0 bridgehead atoms. The van der Waals surface area contributed by atoms with Crippen LogP contribution in [0.2, 0.25) is 0 Å². The number of fused-ring (bicyclic) bond motifs is 1. The van der Waals surface area contributed by atoms with Crippen LogP contribution in [0.5, 0.6) is 0 Å². The SMILES string of the molecule is Cc1oc2c(NC(=O)c3ccccc3)cc(NC(=O)c3ccccc3)cc2c1C. The van der Waals surface area contributed by atoms with E-state index in [1.807, 2.05) is 56.3 Å². The molecule has 4 aromatic rings. The number of anilines is 2. The molecule has 0 saturated carbocycles. The number of carbonyl (C=O) groups is 2. The minimum Gasteiger partial charge on any atom is -0.459 e. The third-order valence-corrected chi connectivity index (χ3v) is 4.85. The summed E-state index contributed by atoms with van der Waals surface area (Å²) in [5, 5.41) is 6.66. The Balaban J connectivity index is 1.72. The van der Waals surface area contributed by atoms with E-state index in [2.05, 4.69) is 10.6 Å². The Morgan fingerprint density at radius 1 is 0.759 bits per heavy atom. The molecule has 1 aromatic heterocycles. The summed E-state index contributed by atoms with van der Waals surface area (Å²) in [7, 11) is 0. The van der Waals surface area contributed by atoms with Gasteiger partial charge in [-0.05, 0) is 55.8 Å². The van der Waals surface area contributed by atoms with Gasteiger partial charge in [0.05, 0.1) is 5.69 Å². The summed E-state index contributed by atoms with van der Waals surface area (Å²) in [6, 6.07) is 21.5. The maximum Gasteiger partial charge on any atom is 0.255 e. The summed E-state index contributed by atoms with van der Waals surface area (Å²) in [4.78, 5) is 25.2. The summed E-state index contributed by atoms with van der Waals surface area (Å²) >= 11 is 0. The third-order valence-electron chi connectivity index (χ3n) is 4.85. The van der Waals surface area contributed by atoms with E-state index >= 15 is 0 Å². The van der Waals surface area contributed by atoms with Crippen molar-refractivity contribution in [2.24, 2.45) is 0 Å².